The molecule has 0 radical (unpaired) electrons. The molecule has 2 fully saturated rings. The van der Waals surface area contributed by atoms with E-state index in [0.717, 1.165) is 37.2 Å². The molecule has 3 heterocycles. The van der Waals surface area contributed by atoms with Gasteiger partial charge in [-0.15, -0.1) is 5.10 Å². The fourth-order valence-corrected chi connectivity index (χ4v) is 4.99. The molecule has 8 nitrogen and oxygen atoms in total. The van der Waals surface area contributed by atoms with Gasteiger partial charge in [0.15, 0.2) is 0 Å². The molecular formula is C19H21ClN6O2. The lowest BCUT2D eigenvalue weighted by atomic mass is 9.64. The number of amides is 1. The predicted octanol–water partition coefficient (Wildman–Crippen LogP) is 3.42. The Morgan fingerprint density at radius 3 is 2.86 bits per heavy atom. The third-order valence-electron chi connectivity index (χ3n) is 6.31. The number of fused-ring (bicyclic) bond motifs is 2. The van der Waals surface area contributed by atoms with Crippen molar-refractivity contribution in [3.8, 4) is 5.69 Å². The maximum absolute atomic E-state index is 11.4. The Morgan fingerprint density at radius 1 is 1.36 bits per heavy atom. The van der Waals surface area contributed by atoms with Crippen LogP contribution in [0.15, 0.2) is 23.3 Å². The van der Waals surface area contributed by atoms with E-state index in [9.17, 15) is 9.90 Å². The van der Waals surface area contributed by atoms with Crippen LogP contribution in [-0.4, -0.2) is 50.5 Å². The molecule has 2 N–H and O–H groups in total. The Kier molecular flexibility index (Phi) is 3.87. The molecule has 2 aliphatic heterocycles. The van der Waals surface area contributed by atoms with Crippen molar-refractivity contribution in [3.05, 3.63) is 34.6 Å². The summed E-state index contributed by atoms with van der Waals surface area (Å²) >= 11 is 6.63. The van der Waals surface area contributed by atoms with Crippen LogP contribution in [0.2, 0.25) is 5.02 Å². The second-order valence-corrected chi connectivity index (χ2v) is 8.10. The van der Waals surface area contributed by atoms with Gasteiger partial charge in [-0.3, -0.25) is 4.90 Å². The smallest absolute Gasteiger partial charge is 0.407 e. The molecule has 1 saturated carbocycles. The molecule has 5 rings (SSSR count). The number of aromatic nitrogens is 3. The summed E-state index contributed by atoms with van der Waals surface area (Å²) in [4.78, 5) is 17.6. The minimum atomic E-state index is -0.924. The van der Waals surface area contributed by atoms with Crippen LogP contribution in [0.25, 0.3) is 5.69 Å². The highest BCUT2D eigenvalue weighted by atomic mass is 35.5. The molecule has 1 aliphatic carbocycles. The molecular weight excluding hydrogens is 380 g/mol. The summed E-state index contributed by atoms with van der Waals surface area (Å²) < 4.78 is 1.62. The zero-order valence-electron chi connectivity index (χ0n) is 15.5. The maximum atomic E-state index is 11.4. The highest BCUT2D eigenvalue weighted by Gasteiger charge is 2.48. The standard InChI is InChI=1S/C19H21ClN6O2/c1-21-17-19(5-3-6-19)11-8-12(20)16(9-13(11)22-17)26-10-14(23-24-26)15-4-2-7-25(15)18(27)28/h8-10,15H,2-7H2,1H3,(H,21,22)(H,27,28)/t15-/m1/s1. The van der Waals surface area contributed by atoms with Crippen LogP contribution < -0.4 is 5.32 Å². The maximum Gasteiger partial charge on any atom is 0.407 e. The van der Waals surface area contributed by atoms with E-state index in [4.69, 9.17) is 16.6 Å². The van der Waals surface area contributed by atoms with E-state index < -0.39 is 6.09 Å². The molecule has 9 heteroatoms. The summed E-state index contributed by atoms with van der Waals surface area (Å²) in [6.45, 7) is 0.524. The Hall–Kier alpha value is -2.61. The van der Waals surface area contributed by atoms with E-state index in [1.807, 2.05) is 19.2 Å². The number of aliphatic imine (C=N–C) groups is 1. The summed E-state index contributed by atoms with van der Waals surface area (Å²) in [5.41, 5.74) is 3.41. The van der Waals surface area contributed by atoms with Crippen molar-refractivity contribution < 1.29 is 9.90 Å². The van der Waals surface area contributed by atoms with Crippen molar-refractivity contribution in [1.82, 2.24) is 25.2 Å². The van der Waals surface area contributed by atoms with Gasteiger partial charge in [-0.05, 0) is 43.4 Å². The van der Waals surface area contributed by atoms with Gasteiger partial charge in [0, 0.05) is 13.6 Å². The number of likely N-dealkylation sites (N-methyl/N-ethyl adjacent to an activating group) is 1. The van der Waals surface area contributed by atoms with Gasteiger partial charge in [-0.1, -0.05) is 23.2 Å². The van der Waals surface area contributed by atoms with Gasteiger partial charge in [0.1, 0.15) is 11.5 Å². The van der Waals surface area contributed by atoms with E-state index in [-0.39, 0.29) is 11.5 Å². The van der Waals surface area contributed by atoms with Gasteiger partial charge in [-0.25, -0.2) is 14.5 Å². The predicted molar refractivity (Wildman–Crippen MR) is 105 cm³/mol. The molecule has 1 aromatic carbocycles. The van der Waals surface area contributed by atoms with Gasteiger partial charge < -0.3 is 10.4 Å². The van der Waals surface area contributed by atoms with Gasteiger partial charge in [0.25, 0.3) is 0 Å². The average Bonchev–Trinajstić information content (AvgIpc) is 3.35. The zero-order valence-corrected chi connectivity index (χ0v) is 16.3. The molecule has 1 aromatic heterocycles. The summed E-state index contributed by atoms with van der Waals surface area (Å²) in [5, 5.41) is 21.7. The molecule has 146 valence electrons. The average molecular weight is 401 g/mol. The number of carboxylic acid groups (broad SMARTS) is 1. The van der Waals surface area contributed by atoms with E-state index in [1.165, 1.54) is 16.9 Å². The zero-order chi connectivity index (χ0) is 19.5. The third kappa shape index (κ3) is 2.37. The third-order valence-corrected chi connectivity index (χ3v) is 6.61. The fourth-order valence-electron chi connectivity index (χ4n) is 4.74. The summed E-state index contributed by atoms with van der Waals surface area (Å²) in [7, 11) is 1.91. The van der Waals surface area contributed by atoms with Gasteiger partial charge in [-0.2, -0.15) is 0 Å². The van der Waals surface area contributed by atoms with E-state index in [2.05, 4.69) is 15.6 Å². The van der Waals surface area contributed by atoms with Gasteiger partial charge in [0.05, 0.1) is 34.1 Å². The minimum Gasteiger partial charge on any atom is -0.465 e. The Morgan fingerprint density at radius 2 is 2.18 bits per heavy atom. The first kappa shape index (κ1) is 17.5. The number of halogens is 1. The number of hydrogen-bond donors (Lipinski definition) is 2. The number of benzene rings is 1. The SMILES string of the molecule is CNC1=Nc2cc(-n3cc([C@H]4CCCN4C(=O)O)nn3)c(Cl)cc2C12CCC2. The second-order valence-electron chi connectivity index (χ2n) is 7.69. The van der Waals surface area contributed by atoms with Crippen LogP contribution in [0.3, 0.4) is 0 Å². The molecule has 3 aliphatic rings. The normalized spacial score (nSPS) is 22.1. The topological polar surface area (TPSA) is 95.6 Å². The number of likely N-dealkylation sites (tertiary alicyclic amines) is 1. The molecule has 1 saturated heterocycles. The molecule has 0 bridgehead atoms. The summed E-state index contributed by atoms with van der Waals surface area (Å²) in [5.74, 6) is 1.00. The van der Waals surface area contributed by atoms with Crippen molar-refractivity contribution in [2.45, 2.75) is 43.6 Å². The van der Waals surface area contributed by atoms with Crippen LogP contribution in [0.5, 0.6) is 0 Å². The molecule has 28 heavy (non-hydrogen) atoms. The van der Waals surface area contributed by atoms with Crippen LogP contribution >= 0.6 is 11.6 Å². The number of hydrogen-bond acceptors (Lipinski definition) is 5. The first-order valence-corrected chi connectivity index (χ1v) is 9.94. The lowest BCUT2D eigenvalue weighted by molar-refractivity contribution is 0.139. The molecule has 1 atom stereocenters. The number of nitrogens with one attached hydrogen (secondary N) is 1. The van der Waals surface area contributed by atoms with Crippen LogP contribution in [-0.2, 0) is 5.41 Å². The van der Waals surface area contributed by atoms with Crippen molar-refractivity contribution in [2.24, 2.45) is 4.99 Å². The highest BCUT2D eigenvalue weighted by molar-refractivity contribution is 6.32. The number of carbonyl (C=O) groups is 1. The van der Waals surface area contributed by atoms with E-state index in [1.54, 1.807) is 10.9 Å². The quantitative estimate of drug-likeness (QED) is 0.805. The summed E-state index contributed by atoms with van der Waals surface area (Å²) in [6.07, 6.45) is 5.77. The Bertz CT molecular complexity index is 996. The van der Waals surface area contributed by atoms with Crippen LogP contribution in [0.4, 0.5) is 10.5 Å². The van der Waals surface area contributed by atoms with Crippen molar-refractivity contribution in [1.29, 1.82) is 0 Å². The molecule has 1 spiro atoms. The molecule has 2 aromatic rings. The Labute approximate surface area is 167 Å². The minimum absolute atomic E-state index is 0.0222. The number of amidine groups is 1. The molecule has 0 unspecified atom stereocenters. The first-order valence-electron chi connectivity index (χ1n) is 9.56. The monoisotopic (exact) mass is 400 g/mol. The van der Waals surface area contributed by atoms with Crippen molar-refractivity contribution >= 4 is 29.2 Å². The van der Waals surface area contributed by atoms with Crippen LogP contribution in [0.1, 0.15) is 49.4 Å². The van der Waals surface area contributed by atoms with Gasteiger partial charge in [0.2, 0.25) is 0 Å². The fraction of sp³-hybridized carbons (Fsp3) is 0.474. The summed E-state index contributed by atoms with van der Waals surface area (Å²) in [6, 6.07) is 3.69. The van der Waals surface area contributed by atoms with Crippen LogP contribution in [0, 0.1) is 0 Å². The Balaban J connectivity index is 1.51. The lowest BCUT2D eigenvalue weighted by Crippen LogP contribution is -2.45. The van der Waals surface area contributed by atoms with E-state index in [0.29, 0.717) is 22.9 Å². The second kappa shape index (κ2) is 6.20. The highest BCUT2D eigenvalue weighted by Crippen LogP contribution is 2.53. The van der Waals surface area contributed by atoms with Gasteiger partial charge >= 0.3 is 6.09 Å². The van der Waals surface area contributed by atoms with Crippen molar-refractivity contribution in [2.75, 3.05) is 13.6 Å². The largest absolute Gasteiger partial charge is 0.465 e. The first-order chi connectivity index (χ1) is 13.5. The number of nitrogens with zero attached hydrogens (tertiary/aromatic N) is 5. The van der Waals surface area contributed by atoms with Crippen molar-refractivity contribution in [3.63, 3.8) is 0 Å². The van der Waals surface area contributed by atoms with E-state index >= 15 is 0 Å². The number of rotatable bonds is 2. The lowest BCUT2D eigenvalue weighted by Gasteiger charge is -2.40. The molecule has 1 amide bonds.